The summed E-state index contributed by atoms with van der Waals surface area (Å²) in [6.45, 7) is 3.36. The lowest BCUT2D eigenvalue weighted by molar-refractivity contribution is 0.0570. The Morgan fingerprint density at radius 1 is 0.952 bits per heavy atom. The van der Waals surface area contributed by atoms with Gasteiger partial charge in [-0.25, -0.2) is 0 Å². The van der Waals surface area contributed by atoms with Gasteiger partial charge in [-0.1, -0.05) is 12.5 Å². The number of rotatable bonds is 1. The molecule has 3 nitrogen and oxygen atoms in total. The molecule has 4 aliphatic rings. The Morgan fingerprint density at radius 2 is 1.90 bits per heavy atom. The highest BCUT2D eigenvalue weighted by atomic mass is 16.1. The molecule has 112 valence electrons. The van der Waals surface area contributed by atoms with Crippen molar-refractivity contribution < 1.29 is 0 Å². The van der Waals surface area contributed by atoms with E-state index < -0.39 is 0 Å². The zero-order chi connectivity index (χ0) is 14.0. The quantitative estimate of drug-likeness (QED) is 0.791. The SMILES string of the molecule is O=c1cccc2n1C[C@H]1C[C@H]2CN([C@@H]2C[C@@H]3CC[C@@H]2C3)C1. The molecule has 0 radical (unpaired) electrons. The van der Waals surface area contributed by atoms with Gasteiger partial charge in [0.25, 0.3) is 5.56 Å². The van der Waals surface area contributed by atoms with Gasteiger partial charge in [-0.15, -0.1) is 0 Å². The second-order valence-corrected chi connectivity index (χ2v) is 7.89. The lowest BCUT2D eigenvalue weighted by Gasteiger charge is -2.46. The fraction of sp³-hybridized carbons (Fsp3) is 0.722. The summed E-state index contributed by atoms with van der Waals surface area (Å²) in [6.07, 6.45) is 7.19. The molecule has 1 aromatic heterocycles. The summed E-state index contributed by atoms with van der Waals surface area (Å²) in [6, 6.07) is 6.71. The minimum Gasteiger partial charge on any atom is -0.312 e. The van der Waals surface area contributed by atoms with E-state index in [-0.39, 0.29) is 5.56 Å². The Morgan fingerprint density at radius 3 is 2.71 bits per heavy atom. The first-order valence-electron chi connectivity index (χ1n) is 8.71. The van der Waals surface area contributed by atoms with Gasteiger partial charge >= 0.3 is 0 Å². The van der Waals surface area contributed by atoms with E-state index in [2.05, 4.69) is 15.5 Å². The molecular weight excluding hydrogens is 260 g/mol. The second kappa shape index (κ2) is 4.45. The predicted octanol–water partition coefficient (Wildman–Crippen LogP) is 2.46. The minimum absolute atomic E-state index is 0.204. The first kappa shape index (κ1) is 12.5. The first-order valence-corrected chi connectivity index (χ1v) is 8.71. The molecule has 3 heterocycles. The molecule has 1 saturated heterocycles. The maximum Gasteiger partial charge on any atom is 0.250 e. The van der Waals surface area contributed by atoms with E-state index in [1.54, 1.807) is 6.07 Å². The van der Waals surface area contributed by atoms with Crippen molar-refractivity contribution in [2.75, 3.05) is 13.1 Å². The number of aromatic nitrogens is 1. The highest BCUT2D eigenvalue weighted by Crippen LogP contribution is 2.48. The standard InChI is InChI=1S/C18H24N2O/c21-18-3-1-2-16-15-7-13(10-20(16)18)9-19(11-15)17-8-12-4-5-14(17)6-12/h1-3,12-15,17H,4-11H2/t12-,13+,14-,15+,17-/m1/s1. The Bertz CT molecular complexity index is 622. The number of pyridine rings is 1. The number of hydrogen-bond donors (Lipinski definition) is 0. The molecule has 0 spiro atoms. The van der Waals surface area contributed by atoms with Crippen LogP contribution in [0.15, 0.2) is 23.0 Å². The molecule has 0 amide bonds. The Balaban J connectivity index is 1.44. The van der Waals surface area contributed by atoms with E-state index in [0.29, 0.717) is 11.8 Å². The van der Waals surface area contributed by atoms with Gasteiger partial charge < -0.3 is 4.57 Å². The van der Waals surface area contributed by atoms with Crippen molar-refractivity contribution in [1.82, 2.24) is 9.47 Å². The molecule has 2 aliphatic carbocycles. The molecule has 0 unspecified atom stereocenters. The molecule has 5 atom stereocenters. The predicted molar refractivity (Wildman–Crippen MR) is 82.4 cm³/mol. The van der Waals surface area contributed by atoms with E-state index in [9.17, 15) is 4.79 Å². The fourth-order valence-corrected chi connectivity index (χ4v) is 5.86. The number of fused-ring (bicyclic) bond motifs is 6. The average molecular weight is 284 g/mol. The van der Waals surface area contributed by atoms with Crippen LogP contribution in [0, 0.1) is 17.8 Å². The van der Waals surface area contributed by atoms with Crippen LogP contribution in [0.3, 0.4) is 0 Å². The maximum atomic E-state index is 12.1. The molecule has 2 saturated carbocycles. The largest absolute Gasteiger partial charge is 0.312 e. The van der Waals surface area contributed by atoms with Crippen molar-refractivity contribution in [2.24, 2.45) is 17.8 Å². The Hall–Kier alpha value is -1.09. The molecule has 5 rings (SSSR count). The zero-order valence-electron chi connectivity index (χ0n) is 12.6. The molecule has 2 aliphatic heterocycles. The van der Waals surface area contributed by atoms with Crippen LogP contribution in [-0.2, 0) is 6.54 Å². The number of hydrogen-bond acceptors (Lipinski definition) is 2. The highest BCUT2D eigenvalue weighted by molar-refractivity contribution is 5.17. The lowest BCUT2D eigenvalue weighted by Crippen LogP contribution is -2.51. The van der Waals surface area contributed by atoms with E-state index in [0.717, 1.165) is 24.4 Å². The van der Waals surface area contributed by atoms with Crippen molar-refractivity contribution in [3.8, 4) is 0 Å². The van der Waals surface area contributed by atoms with E-state index in [4.69, 9.17) is 0 Å². The van der Waals surface area contributed by atoms with Crippen molar-refractivity contribution >= 4 is 0 Å². The monoisotopic (exact) mass is 284 g/mol. The molecule has 0 aromatic carbocycles. The maximum absolute atomic E-state index is 12.1. The van der Waals surface area contributed by atoms with Crippen LogP contribution >= 0.6 is 0 Å². The van der Waals surface area contributed by atoms with Gasteiger partial charge in [0.1, 0.15) is 0 Å². The van der Waals surface area contributed by atoms with Gasteiger partial charge in [0, 0.05) is 43.4 Å². The van der Waals surface area contributed by atoms with Crippen LogP contribution in [-0.4, -0.2) is 28.6 Å². The normalized spacial score (nSPS) is 41.2. The number of piperidine rings is 1. The lowest BCUT2D eigenvalue weighted by atomic mass is 9.81. The average Bonchev–Trinajstić information content (AvgIpc) is 3.11. The van der Waals surface area contributed by atoms with Crippen molar-refractivity contribution in [3.05, 3.63) is 34.2 Å². The minimum atomic E-state index is 0.204. The van der Waals surface area contributed by atoms with Gasteiger partial charge in [-0.2, -0.15) is 0 Å². The molecule has 3 heteroatoms. The van der Waals surface area contributed by atoms with E-state index in [1.807, 2.05) is 6.07 Å². The van der Waals surface area contributed by atoms with Crippen molar-refractivity contribution in [1.29, 1.82) is 0 Å². The number of likely N-dealkylation sites (tertiary alicyclic amines) is 1. The van der Waals surface area contributed by atoms with E-state index >= 15 is 0 Å². The van der Waals surface area contributed by atoms with Crippen LogP contribution in [0.4, 0.5) is 0 Å². The third-order valence-electron chi connectivity index (χ3n) is 6.68. The van der Waals surface area contributed by atoms with Crippen molar-refractivity contribution in [2.45, 2.75) is 50.6 Å². The van der Waals surface area contributed by atoms with Gasteiger partial charge in [0.2, 0.25) is 0 Å². The van der Waals surface area contributed by atoms with Crippen LogP contribution in [0.1, 0.15) is 43.7 Å². The van der Waals surface area contributed by atoms with Crippen LogP contribution in [0.25, 0.3) is 0 Å². The molecular formula is C18H24N2O. The molecule has 21 heavy (non-hydrogen) atoms. The van der Waals surface area contributed by atoms with Crippen LogP contribution < -0.4 is 5.56 Å². The first-order chi connectivity index (χ1) is 10.3. The molecule has 1 aromatic rings. The van der Waals surface area contributed by atoms with Gasteiger partial charge in [0.05, 0.1) is 0 Å². The molecule has 3 fully saturated rings. The third kappa shape index (κ3) is 1.86. The fourth-order valence-electron chi connectivity index (χ4n) is 5.86. The summed E-state index contributed by atoms with van der Waals surface area (Å²) >= 11 is 0. The summed E-state index contributed by atoms with van der Waals surface area (Å²) in [5, 5.41) is 0. The summed E-state index contributed by atoms with van der Waals surface area (Å²) in [5.74, 6) is 3.28. The Kier molecular flexibility index (Phi) is 2.64. The van der Waals surface area contributed by atoms with Gasteiger partial charge in [-0.05, 0) is 49.5 Å². The third-order valence-corrected chi connectivity index (χ3v) is 6.68. The summed E-state index contributed by atoms with van der Waals surface area (Å²) in [4.78, 5) is 14.9. The summed E-state index contributed by atoms with van der Waals surface area (Å²) in [7, 11) is 0. The van der Waals surface area contributed by atoms with Gasteiger partial charge in [0.15, 0.2) is 0 Å². The smallest absolute Gasteiger partial charge is 0.250 e. The van der Waals surface area contributed by atoms with Gasteiger partial charge in [-0.3, -0.25) is 9.69 Å². The highest BCUT2D eigenvalue weighted by Gasteiger charge is 2.45. The van der Waals surface area contributed by atoms with Crippen LogP contribution in [0.2, 0.25) is 0 Å². The topological polar surface area (TPSA) is 25.2 Å². The molecule has 4 bridgehead atoms. The summed E-state index contributed by atoms with van der Waals surface area (Å²) in [5.41, 5.74) is 1.50. The van der Waals surface area contributed by atoms with E-state index in [1.165, 1.54) is 50.9 Å². The Labute approximate surface area is 126 Å². The van der Waals surface area contributed by atoms with Crippen molar-refractivity contribution in [3.63, 3.8) is 0 Å². The second-order valence-electron chi connectivity index (χ2n) is 7.89. The molecule has 0 N–H and O–H groups in total. The van der Waals surface area contributed by atoms with Crippen LogP contribution in [0.5, 0.6) is 0 Å². The summed E-state index contributed by atoms with van der Waals surface area (Å²) < 4.78 is 2.05. The number of nitrogens with zero attached hydrogens (tertiary/aromatic N) is 2. The zero-order valence-corrected chi connectivity index (χ0v) is 12.6.